The summed E-state index contributed by atoms with van der Waals surface area (Å²) in [5, 5.41) is 0.699. The number of amides is 2. The molecule has 0 saturated carbocycles. The molecule has 1 saturated heterocycles. The Kier molecular flexibility index (Phi) is 5.24. The van der Waals surface area contributed by atoms with Gasteiger partial charge >= 0.3 is 0 Å². The highest BCUT2D eigenvalue weighted by Gasteiger charge is 2.37. The highest BCUT2D eigenvalue weighted by Crippen LogP contribution is 2.39. The van der Waals surface area contributed by atoms with Gasteiger partial charge in [0, 0.05) is 31.6 Å². The topological polar surface area (TPSA) is 84.2 Å². The van der Waals surface area contributed by atoms with Crippen LogP contribution in [0.25, 0.3) is 10.8 Å². The van der Waals surface area contributed by atoms with E-state index in [0.717, 1.165) is 18.5 Å². The number of aryl methyl sites for hydroxylation is 1. The molecule has 2 amide bonds. The Balaban J connectivity index is 1.58. The van der Waals surface area contributed by atoms with Crippen LogP contribution in [0.3, 0.4) is 0 Å². The van der Waals surface area contributed by atoms with Gasteiger partial charge in [0.1, 0.15) is 11.6 Å². The first-order chi connectivity index (χ1) is 15.4. The molecule has 10 heteroatoms. The highest BCUT2D eigenvalue weighted by atomic mass is 32.1. The Morgan fingerprint density at radius 1 is 1.12 bits per heavy atom. The van der Waals surface area contributed by atoms with Crippen LogP contribution in [-0.2, 0) is 11.3 Å². The van der Waals surface area contributed by atoms with E-state index in [4.69, 9.17) is 4.98 Å². The van der Waals surface area contributed by atoms with Crippen molar-refractivity contribution in [2.45, 2.75) is 45.7 Å². The summed E-state index contributed by atoms with van der Waals surface area (Å²) in [5.74, 6) is 1.45. The van der Waals surface area contributed by atoms with Gasteiger partial charge in [-0.05, 0) is 62.5 Å². The quantitative estimate of drug-likeness (QED) is 0.604. The number of aromatic nitrogens is 4. The average Bonchev–Trinajstić information content (AvgIpc) is 3.38. The van der Waals surface area contributed by atoms with Crippen molar-refractivity contribution < 1.29 is 14.0 Å². The number of carbonyl (C=O) groups excluding carboxylic acids is 2. The normalized spacial score (nSPS) is 18.7. The molecule has 32 heavy (non-hydrogen) atoms. The summed E-state index contributed by atoms with van der Waals surface area (Å²) in [7, 11) is 0. The molecule has 8 nitrogen and oxygen atoms in total. The number of nitrogens with zero attached hydrogens (tertiary/aromatic N) is 6. The number of anilines is 1. The molecule has 1 unspecified atom stereocenters. The Labute approximate surface area is 188 Å². The van der Waals surface area contributed by atoms with E-state index in [9.17, 15) is 14.0 Å². The second kappa shape index (κ2) is 8.09. The minimum absolute atomic E-state index is 0.0475. The first-order valence-electron chi connectivity index (χ1n) is 10.7. The van der Waals surface area contributed by atoms with Gasteiger partial charge in [-0.1, -0.05) is 0 Å². The molecular formula is C22H23FN6O2S. The minimum Gasteiger partial charge on any atom is -0.328 e. The zero-order valence-corrected chi connectivity index (χ0v) is 18.7. The molecule has 1 aromatic carbocycles. The fourth-order valence-corrected chi connectivity index (χ4v) is 5.13. The smallest absolute Gasteiger partial charge is 0.254 e. The fraction of sp³-hybridized carbons (Fsp3) is 0.409. The molecule has 1 atom stereocenters. The number of fused-ring (bicyclic) bond motifs is 1. The van der Waals surface area contributed by atoms with E-state index in [1.165, 1.54) is 35.8 Å². The number of piperidine rings is 1. The molecule has 4 heterocycles. The van der Waals surface area contributed by atoms with Crippen LogP contribution in [0.5, 0.6) is 0 Å². The fourth-order valence-electron chi connectivity index (χ4n) is 4.46. The molecule has 5 rings (SSSR count). The third kappa shape index (κ3) is 3.48. The van der Waals surface area contributed by atoms with Gasteiger partial charge in [-0.3, -0.25) is 14.5 Å². The molecule has 0 radical (unpaired) electrons. The monoisotopic (exact) mass is 454 g/mol. The lowest BCUT2D eigenvalue weighted by Crippen LogP contribution is -2.43. The second-order valence-corrected chi connectivity index (χ2v) is 8.88. The van der Waals surface area contributed by atoms with Gasteiger partial charge in [0.05, 0.1) is 11.7 Å². The van der Waals surface area contributed by atoms with E-state index < -0.39 is 0 Å². The van der Waals surface area contributed by atoms with Crippen molar-refractivity contribution in [3.05, 3.63) is 47.2 Å². The van der Waals surface area contributed by atoms with Crippen LogP contribution < -0.4 is 4.90 Å². The first kappa shape index (κ1) is 20.7. The maximum Gasteiger partial charge on any atom is 0.254 e. The van der Waals surface area contributed by atoms with Crippen LogP contribution in [0, 0.1) is 12.7 Å². The van der Waals surface area contributed by atoms with E-state index in [1.54, 1.807) is 9.80 Å². The summed E-state index contributed by atoms with van der Waals surface area (Å²) in [6, 6.07) is 5.27. The Bertz CT molecular complexity index is 1190. The summed E-state index contributed by atoms with van der Waals surface area (Å²) < 4.78 is 19.7. The Morgan fingerprint density at radius 3 is 2.59 bits per heavy atom. The molecule has 0 N–H and O–H groups in total. The van der Waals surface area contributed by atoms with Crippen molar-refractivity contribution in [1.82, 2.24) is 23.8 Å². The molecule has 2 aromatic heterocycles. The Hall–Kier alpha value is -3.14. The number of halogens is 1. The number of benzene rings is 1. The summed E-state index contributed by atoms with van der Waals surface area (Å²) in [4.78, 5) is 38.9. The van der Waals surface area contributed by atoms with E-state index in [1.807, 2.05) is 13.8 Å². The molecule has 166 valence electrons. The number of carbonyl (C=O) groups is 2. The van der Waals surface area contributed by atoms with Gasteiger partial charge < -0.3 is 9.47 Å². The average molecular weight is 455 g/mol. The highest BCUT2D eigenvalue weighted by molar-refractivity contribution is 7.09. The molecular weight excluding hydrogens is 431 g/mol. The first-order valence-corrected chi connectivity index (χ1v) is 11.5. The summed E-state index contributed by atoms with van der Waals surface area (Å²) in [6.07, 6.45) is 2.28. The van der Waals surface area contributed by atoms with Crippen molar-refractivity contribution in [1.29, 1.82) is 0 Å². The zero-order valence-electron chi connectivity index (χ0n) is 17.9. The second-order valence-electron chi connectivity index (χ2n) is 8.13. The third-order valence-corrected chi connectivity index (χ3v) is 6.87. The van der Waals surface area contributed by atoms with Crippen molar-refractivity contribution in [3.63, 3.8) is 0 Å². The van der Waals surface area contributed by atoms with Gasteiger partial charge in [-0.2, -0.15) is 4.37 Å². The number of hydrogen-bond acceptors (Lipinski definition) is 6. The number of hydrogen-bond donors (Lipinski definition) is 0. The van der Waals surface area contributed by atoms with Crippen LogP contribution in [0.1, 0.15) is 54.1 Å². The van der Waals surface area contributed by atoms with Gasteiger partial charge in [0.15, 0.2) is 16.6 Å². The van der Waals surface area contributed by atoms with Crippen LogP contribution in [0.15, 0.2) is 24.3 Å². The predicted octanol–water partition coefficient (Wildman–Crippen LogP) is 3.58. The maximum atomic E-state index is 13.3. The largest absolute Gasteiger partial charge is 0.328 e. The van der Waals surface area contributed by atoms with E-state index >= 15 is 0 Å². The zero-order chi connectivity index (χ0) is 22.4. The summed E-state index contributed by atoms with van der Waals surface area (Å²) in [5.41, 5.74) is 1.26. The van der Waals surface area contributed by atoms with Crippen molar-refractivity contribution in [3.8, 4) is 10.8 Å². The standard InChI is InChI=1S/C22H23FN6O2S/c1-13-18-19(28-10-4-3-5-17(28)30)25-20(21-24-14(2)26-32-21)29(18)12-11-27(13)22(31)15-6-8-16(23)9-7-15/h6-9,13H,3-5,10-12H2,1-2H3. The molecule has 2 aliphatic rings. The molecule has 0 spiro atoms. The molecule has 3 aromatic rings. The minimum atomic E-state index is -0.380. The molecule has 0 bridgehead atoms. The predicted molar refractivity (Wildman–Crippen MR) is 118 cm³/mol. The molecule has 0 aliphatic carbocycles. The molecule has 2 aliphatic heterocycles. The van der Waals surface area contributed by atoms with Crippen LogP contribution >= 0.6 is 11.5 Å². The third-order valence-electron chi connectivity index (χ3n) is 6.07. The van der Waals surface area contributed by atoms with Crippen molar-refractivity contribution >= 4 is 29.2 Å². The lowest BCUT2D eigenvalue weighted by Gasteiger charge is -2.37. The van der Waals surface area contributed by atoms with Gasteiger partial charge in [0.2, 0.25) is 5.91 Å². The number of rotatable bonds is 3. The lowest BCUT2D eigenvalue weighted by atomic mass is 10.1. The van der Waals surface area contributed by atoms with E-state index in [0.29, 0.717) is 54.1 Å². The lowest BCUT2D eigenvalue weighted by molar-refractivity contribution is -0.119. The number of imidazole rings is 1. The van der Waals surface area contributed by atoms with E-state index in [2.05, 4.69) is 13.9 Å². The maximum absolute atomic E-state index is 13.3. The SMILES string of the molecule is Cc1nsc(-c2nc(N3CCCCC3=O)c3n2CCN(C(=O)c2ccc(F)cc2)C3C)n1. The van der Waals surface area contributed by atoms with Crippen LogP contribution in [0.2, 0.25) is 0 Å². The van der Waals surface area contributed by atoms with E-state index in [-0.39, 0.29) is 23.7 Å². The summed E-state index contributed by atoms with van der Waals surface area (Å²) >= 11 is 1.28. The van der Waals surface area contributed by atoms with Gasteiger partial charge in [-0.25, -0.2) is 14.4 Å². The van der Waals surface area contributed by atoms with Crippen LogP contribution in [-0.4, -0.2) is 48.7 Å². The Morgan fingerprint density at radius 2 is 1.91 bits per heavy atom. The van der Waals surface area contributed by atoms with Gasteiger partial charge in [0.25, 0.3) is 5.91 Å². The molecule has 1 fully saturated rings. The summed E-state index contributed by atoms with van der Waals surface area (Å²) in [6.45, 7) is 5.38. The van der Waals surface area contributed by atoms with Gasteiger partial charge in [-0.15, -0.1) is 0 Å². The van der Waals surface area contributed by atoms with Crippen molar-refractivity contribution in [2.24, 2.45) is 0 Å². The van der Waals surface area contributed by atoms with Crippen molar-refractivity contribution in [2.75, 3.05) is 18.0 Å². The van der Waals surface area contributed by atoms with Crippen LogP contribution in [0.4, 0.5) is 10.2 Å².